The van der Waals surface area contributed by atoms with Gasteiger partial charge in [-0.1, -0.05) is 57.5 Å². The van der Waals surface area contributed by atoms with Gasteiger partial charge in [0.2, 0.25) is 0 Å². The Morgan fingerprint density at radius 3 is 1.50 bits per heavy atom. The summed E-state index contributed by atoms with van der Waals surface area (Å²) < 4.78 is 60.9. The van der Waals surface area contributed by atoms with Crippen molar-refractivity contribution < 1.29 is 22.0 Å². The maximum Gasteiger partial charge on any atom is 0.264 e. The highest BCUT2D eigenvalue weighted by Crippen LogP contribution is 2.23. The monoisotopic (exact) mass is 376 g/mol. The SMILES string of the molecule is CC.CC.Cc1cc(F)ccc1C(F)F.Cc1ccc(C)c(C(F)F)c1. The number of benzene rings is 2. The van der Waals surface area contributed by atoms with Gasteiger partial charge >= 0.3 is 0 Å². The van der Waals surface area contributed by atoms with E-state index in [1.807, 2.05) is 40.7 Å². The molecule has 0 radical (unpaired) electrons. The van der Waals surface area contributed by atoms with Gasteiger partial charge in [-0.25, -0.2) is 22.0 Å². The zero-order chi connectivity index (χ0) is 20.9. The van der Waals surface area contributed by atoms with E-state index < -0.39 is 18.7 Å². The smallest absolute Gasteiger partial charge is 0.207 e. The number of halogens is 5. The first kappa shape index (κ1) is 26.3. The molecular formula is C21H29F5. The summed E-state index contributed by atoms with van der Waals surface area (Å²) in [5, 5.41) is 0. The van der Waals surface area contributed by atoms with Crippen LogP contribution in [-0.4, -0.2) is 0 Å². The highest BCUT2D eigenvalue weighted by Gasteiger charge is 2.10. The van der Waals surface area contributed by atoms with Gasteiger partial charge in [0.05, 0.1) is 0 Å². The van der Waals surface area contributed by atoms with Crippen molar-refractivity contribution in [2.75, 3.05) is 0 Å². The van der Waals surface area contributed by atoms with E-state index >= 15 is 0 Å². The van der Waals surface area contributed by atoms with E-state index in [9.17, 15) is 22.0 Å². The van der Waals surface area contributed by atoms with Crippen LogP contribution in [0.4, 0.5) is 22.0 Å². The maximum absolute atomic E-state index is 12.4. The van der Waals surface area contributed by atoms with Gasteiger partial charge in [0, 0.05) is 11.1 Å². The average Bonchev–Trinajstić information content (AvgIpc) is 2.60. The molecule has 0 N–H and O–H groups in total. The predicted octanol–water partition coefficient (Wildman–Crippen LogP) is 8.37. The van der Waals surface area contributed by atoms with Crippen LogP contribution in [-0.2, 0) is 0 Å². The van der Waals surface area contributed by atoms with E-state index in [4.69, 9.17) is 0 Å². The Hall–Kier alpha value is -1.91. The molecular weight excluding hydrogens is 347 g/mol. The minimum absolute atomic E-state index is 0.105. The van der Waals surface area contributed by atoms with Crippen LogP contribution in [0, 0.1) is 26.6 Å². The fourth-order valence-corrected chi connectivity index (χ4v) is 1.88. The van der Waals surface area contributed by atoms with Crippen LogP contribution in [0.5, 0.6) is 0 Å². The molecule has 2 aromatic rings. The Bertz CT molecular complexity index is 622. The van der Waals surface area contributed by atoms with E-state index in [2.05, 4.69) is 0 Å². The molecule has 0 heterocycles. The summed E-state index contributed by atoms with van der Waals surface area (Å²) in [5.74, 6) is -0.480. The van der Waals surface area contributed by atoms with Crippen molar-refractivity contribution in [2.45, 2.75) is 61.3 Å². The summed E-state index contributed by atoms with van der Waals surface area (Å²) in [6.45, 7) is 13.0. The first-order chi connectivity index (χ1) is 12.2. The molecule has 0 atom stereocenters. The summed E-state index contributed by atoms with van der Waals surface area (Å²) in [6, 6.07) is 8.32. The summed E-state index contributed by atoms with van der Waals surface area (Å²) in [6.07, 6.45) is -4.87. The lowest BCUT2D eigenvalue weighted by molar-refractivity contribution is 0.150. The van der Waals surface area contributed by atoms with Gasteiger partial charge in [-0.15, -0.1) is 0 Å². The number of hydrogen-bond acceptors (Lipinski definition) is 0. The normalized spacial score (nSPS) is 9.46. The first-order valence-electron chi connectivity index (χ1n) is 8.62. The average molecular weight is 376 g/mol. The van der Waals surface area contributed by atoms with Crippen molar-refractivity contribution in [1.82, 2.24) is 0 Å². The summed E-state index contributed by atoms with van der Waals surface area (Å²) in [7, 11) is 0. The molecule has 0 spiro atoms. The van der Waals surface area contributed by atoms with E-state index in [0.29, 0.717) is 11.1 Å². The molecule has 5 heteroatoms. The molecule has 2 rings (SSSR count). The van der Waals surface area contributed by atoms with Crippen LogP contribution in [0.25, 0.3) is 0 Å². The van der Waals surface area contributed by atoms with Crippen molar-refractivity contribution in [1.29, 1.82) is 0 Å². The van der Waals surface area contributed by atoms with Crippen LogP contribution >= 0.6 is 0 Å². The number of rotatable bonds is 2. The van der Waals surface area contributed by atoms with Gasteiger partial charge in [0.15, 0.2) is 0 Å². The topological polar surface area (TPSA) is 0 Å². The third-order valence-corrected chi connectivity index (χ3v) is 3.14. The molecule has 2 aromatic carbocycles. The quantitative estimate of drug-likeness (QED) is 0.462. The lowest BCUT2D eigenvalue weighted by Gasteiger charge is -2.04. The Morgan fingerprint density at radius 2 is 1.12 bits per heavy atom. The number of aryl methyl sites for hydroxylation is 3. The van der Waals surface area contributed by atoms with Crippen molar-refractivity contribution in [3.8, 4) is 0 Å². The van der Waals surface area contributed by atoms with E-state index in [1.54, 1.807) is 13.0 Å². The van der Waals surface area contributed by atoms with Crippen LogP contribution < -0.4 is 0 Å². The Kier molecular flexibility index (Phi) is 14.5. The van der Waals surface area contributed by atoms with Gasteiger partial charge in [-0.05, 0) is 44.0 Å². The summed E-state index contributed by atoms with van der Waals surface area (Å²) in [5.41, 5.74) is 1.87. The molecule has 26 heavy (non-hydrogen) atoms. The zero-order valence-electron chi connectivity index (χ0n) is 16.5. The van der Waals surface area contributed by atoms with Crippen LogP contribution in [0.1, 0.15) is 68.4 Å². The lowest BCUT2D eigenvalue weighted by atomic mass is 10.1. The second-order valence-corrected chi connectivity index (χ2v) is 4.96. The fourth-order valence-electron chi connectivity index (χ4n) is 1.88. The molecule has 0 unspecified atom stereocenters. The van der Waals surface area contributed by atoms with E-state index in [-0.39, 0.29) is 11.1 Å². The minimum Gasteiger partial charge on any atom is -0.207 e. The largest absolute Gasteiger partial charge is 0.264 e. The summed E-state index contributed by atoms with van der Waals surface area (Å²) >= 11 is 0. The van der Waals surface area contributed by atoms with Crippen molar-refractivity contribution >= 4 is 0 Å². The third-order valence-electron chi connectivity index (χ3n) is 3.14. The second-order valence-electron chi connectivity index (χ2n) is 4.96. The van der Waals surface area contributed by atoms with Gasteiger partial charge in [-0.3, -0.25) is 0 Å². The van der Waals surface area contributed by atoms with Crippen LogP contribution in [0.2, 0.25) is 0 Å². The minimum atomic E-state index is -2.52. The molecule has 0 saturated carbocycles. The highest BCUT2D eigenvalue weighted by atomic mass is 19.3. The molecule has 0 saturated heterocycles. The maximum atomic E-state index is 12.4. The standard InChI is InChI=1S/C9H10F2.C8H7F3.2C2H6/c1-6-3-4-7(2)8(5-6)9(10)11;1-5-4-6(9)2-3-7(5)8(10)11;2*1-2/h3-5,9H,1-2H3;2-4,8H,1H3;2*1-2H3. The first-order valence-corrected chi connectivity index (χ1v) is 8.62. The van der Waals surface area contributed by atoms with Gasteiger partial charge in [-0.2, -0.15) is 0 Å². The summed E-state index contributed by atoms with van der Waals surface area (Å²) in [4.78, 5) is 0. The number of hydrogen-bond donors (Lipinski definition) is 0. The van der Waals surface area contributed by atoms with Gasteiger partial charge < -0.3 is 0 Å². The molecule has 0 bridgehead atoms. The van der Waals surface area contributed by atoms with Gasteiger partial charge in [0.1, 0.15) is 5.82 Å². The van der Waals surface area contributed by atoms with E-state index in [0.717, 1.165) is 23.8 Å². The molecule has 0 fully saturated rings. The molecule has 0 aliphatic rings. The van der Waals surface area contributed by atoms with Crippen molar-refractivity contribution in [3.05, 3.63) is 70.0 Å². The Balaban J connectivity index is 0. The molecule has 148 valence electrons. The van der Waals surface area contributed by atoms with E-state index in [1.165, 1.54) is 13.0 Å². The zero-order valence-corrected chi connectivity index (χ0v) is 16.5. The Morgan fingerprint density at radius 1 is 0.615 bits per heavy atom. The Labute approximate surface area is 154 Å². The third kappa shape index (κ3) is 9.54. The van der Waals surface area contributed by atoms with Crippen LogP contribution in [0.15, 0.2) is 36.4 Å². The molecule has 0 nitrogen and oxygen atoms in total. The molecule has 0 amide bonds. The lowest BCUT2D eigenvalue weighted by Crippen LogP contribution is -1.89. The molecule has 0 aliphatic carbocycles. The van der Waals surface area contributed by atoms with Gasteiger partial charge in [0.25, 0.3) is 12.9 Å². The second kappa shape index (κ2) is 14.3. The molecule has 0 aromatic heterocycles. The molecule has 0 aliphatic heterocycles. The number of alkyl halides is 4. The van der Waals surface area contributed by atoms with Crippen molar-refractivity contribution in [2.24, 2.45) is 0 Å². The van der Waals surface area contributed by atoms with Crippen LogP contribution in [0.3, 0.4) is 0 Å². The predicted molar refractivity (Wildman–Crippen MR) is 99.7 cm³/mol. The van der Waals surface area contributed by atoms with Crippen molar-refractivity contribution in [3.63, 3.8) is 0 Å². The fraction of sp³-hybridized carbons (Fsp3) is 0.429. The highest BCUT2D eigenvalue weighted by molar-refractivity contribution is 5.31.